The van der Waals surface area contributed by atoms with Crippen molar-refractivity contribution in [1.29, 1.82) is 0 Å². The van der Waals surface area contributed by atoms with Crippen molar-refractivity contribution in [3.8, 4) is 5.75 Å². The lowest BCUT2D eigenvalue weighted by molar-refractivity contribution is -0.124. The van der Waals surface area contributed by atoms with Crippen molar-refractivity contribution in [3.63, 3.8) is 0 Å². The normalized spacial score (nSPS) is 16.1. The lowest BCUT2D eigenvalue weighted by Gasteiger charge is -2.19. The van der Waals surface area contributed by atoms with Crippen molar-refractivity contribution in [2.24, 2.45) is 0 Å². The van der Waals surface area contributed by atoms with Crippen LogP contribution in [0.4, 0.5) is 16.2 Å². The van der Waals surface area contributed by atoms with Crippen LogP contribution in [0, 0.1) is 0 Å². The second-order valence-corrected chi connectivity index (χ2v) is 6.46. The Kier molecular flexibility index (Phi) is 6.29. The molecule has 150 valence electrons. The Morgan fingerprint density at radius 2 is 1.83 bits per heavy atom. The van der Waals surface area contributed by atoms with E-state index in [2.05, 4.69) is 11.9 Å². The lowest BCUT2D eigenvalue weighted by atomic mass is 10.1. The van der Waals surface area contributed by atoms with E-state index in [0.29, 0.717) is 23.7 Å². The Morgan fingerprint density at radius 3 is 2.45 bits per heavy atom. The van der Waals surface area contributed by atoms with Gasteiger partial charge in [-0.15, -0.1) is 6.58 Å². The number of para-hydroxylation sites is 1. The summed E-state index contributed by atoms with van der Waals surface area (Å²) in [6.45, 7) is 6.27. The minimum absolute atomic E-state index is 0.144. The summed E-state index contributed by atoms with van der Waals surface area (Å²) in [7, 11) is 0. The third-order valence-corrected chi connectivity index (χ3v) is 4.49. The van der Waals surface area contributed by atoms with Crippen molar-refractivity contribution in [2.45, 2.75) is 19.4 Å². The quantitative estimate of drug-likeness (QED) is 0.550. The summed E-state index contributed by atoms with van der Waals surface area (Å²) in [6, 6.07) is 14.3. The molecular formula is C22H23N3O4. The molecular weight excluding hydrogens is 370 g/mol. The summed E-state index contributed by atoms with van der Waals surface area (Å²) in [5, 5.41) is 2.76. The smallest absolute Gasteiger partial charge is 0.332 e. The SMILES string of the molecule is C=CCN1C(=O)N(c2ccccc2)C(=O)[C@H]1CC(=O)Nc1ccc(OCC)cc1. The topological polar surface area (TPSA) is 79.0 Å². The van der Waals surface area contributed by atoms with Crippen molar-refractivity contribution >= 4 is 29.2 Å². The largest absolute Gasteiger partial charge is 0.494 e. The van der Waals surface area contributed by atoms with Gasteiger partial charge in [0.2, 0.25) is 5.91 Å². The third-order valence-electron chi connectivity index (χ3n) is 4.49. The van der Waals surface area contributed by atoms with Crippen molar-refractivity contribution in [2.75, 3.05) is 23.4 Å². The van der Waals surface area contributed by atoms with E-state index < -0.39 is 18.0 Å². The number of anilines is 2. The van der Waals surface area contributed by atoms with Gasteiger partial charge in [0, 0.05) is 12.2 Å². The summed E-state index contributed by atoms with van der Waals surface area (Å²) in [6.07, 6.45) is 1.39. The number of benzene rings is 2. The van der Waals surface area contributed by atoms with E-state index in [4.69, 9.17) is 4.74 Å². The van der Waals surface area contributed by atoms with Crippen LogP contribution in [0.2, 0.25) is 0 Å². The van der Waals surface area contributed by atoms with Crippen LogP contribution in [0.5, 0.6) is 5.75 Å². The average Bonchev–Trinajstić information content (AvgIpc) is 2.94. The fourth-order valence-electron chi connectivity index (χ4n) is 3.18. The number of nitrogens with one attached hydrogen (secondary N) is 1. The highest BCUT2D eigenvalue weighted by Crippen LogP contribution is 2.27. The Morgan fingerprint density at radius 1 is 1.14 bits per heavy atom. The molecule has 0 saturated carbocycles. The molecule has 2 aromatic rings. The van der Waals surface area contributed by atoms with Crippen LogP contribution in [0.1, 0.15) is 13.3 Å². The van der Waals surface area contributed by atoms with Crippen molar-refractivity contribution < 1.29 is 19.1 Å². The van der Waals surface area contributed by atoms with E-state index in [1.807, 2.05) is 6.92 Å². The number of rotatable bonds is 8. The molecule has 2 aromatic carbocycles. The first kappa shape index (κ1) is 20.1. The fourth-order valence-corrected chi connectivity index (χ4v) is 3.18. The van der Waals surface area contributed by atoms with Gasteiger partial charge in [-0.1, -0.05) is 24.3 Å². The van der Waals surface area contributed by atoms with Crippen LogP contribution in [0.25, 0.3) is 0 Å². The average molecular weight is 393 g/mol. The second-order valence-electron chi connectivity index (χ2n) is 6.46. The molecule has 4 amide bonds. The van der Waals surface area contributed by atoms with Crippen LogP contribution in [0.3, 0.4) is 0 Å². The molecule has 1 aliphatic rings. The van der Waals surface area contributed by atoms with Gasteiger partial charge in [0.1, 0.15) is 11.8 Å². The van der Waals surface area contributed by atoms with Crippen LogP contribution in [-0.4, -0.2) is 41.9 Å². The molecule has 0 unspecified atom stereocenters. The van der Waals surface area contributed by atoms with Crippen LogP contribution >= 0.6 is 0 Å². The maximum atomic E-state index is 12.9. The number of ether oxygens (including phenoxy) is 1. The molecule has 0 spiro atoms. The molecule has 7 heteroatoms. The monoisotopic (exact) mass is 393 g/mol. The molecule has 29 heavy (non-hydrogen) atoms. The molecule has 1 heterocycles. The van der Waals surface area contributed by atoms with Gasteiger partial charge < -0.3 is 15.0 Å². The molecule has 7 nitrogen and oxygen atoms in total. The number of urea groups is 1. The van der Waals surface area contributed by atoms with Gasteiger partial charge in [0.15, 0.2) is 0 Å². The molecule has 0 aliphatic carbocycles. The first-order chi connectivity index (χ1) is 14.0. The number of hydrogen-bond acceptors (Lipinski definition) is 4. The first-order valence-electron chi connectivity index (χ1n) is 9.38. The van der Waals surface area contributed by atoms with Gasteiger partial charge >= 0.3 is 6.03 Å². The highest BCUT2D eigenvalue weighted by molar-refractivity contribution is 6.22. The van der Waals surface area contributed by atoms with Crippen LogP contribution in [0.15, 0.2) is 67.3 Å². The summed E-state index contributed by atoms with van der Waals surface area (Å²) in [5.41, 5.74) is 1.07. The number of nitrogens with zero attached hydrogens (tertiary/aromatic N) is 2. The molecule has 1 N–H and O–H groups in total. The van der Waals surface area contributed by atoms with Gasteiger partial charge in [-0.05, 0) is 43.3 Å². The van der Waals surface area contributed by atoms with E-state index in [0.717, 1.165) is 4.90 Å². The zero-order valence-corrected chi connectivity index (χ0v) is 16.2. The van der Waals surface area contributed by atoms with Gasteiger partial charge in [-0.2, -0.15) is 0 Å². The summed E-state index contributed by atoms with van der Waals surface area (Å²) >= 11 is 0. The number of hydrogen-bond donors (Lipinski definition) is 1. The van der Waals surface area contributed by atoms with E-state index in [9.17, 15) is 14.4 Å². The standard InChI is InChI=1S/C22H23N3O4/c1-3-14-24-19(21(27)25(22(24)28)17-8-6-5-7-9-17)15-20(26)23-16-10-12-18(13-11-16)29-4-2/h3,5-13,19H,1,4,14-15H2,2H3,(H,23,26)/t19-/m1/s1. The molecule has 0 bridgehead atoms. The Hall–Kier alpha value is -3.61. The third kappa shape index (κ3) is 4.45. The minimum Gasteiger partial charge on any atom is -0.494 e. The summed E-state index contributed by atoms with van der Waals surface area (Å²) in [5.74, 6) is -0.0769. The summed E-state index contributed by atoms with van der Waals surface area (Å²) in [4.78, 5) is 40.7. The van der Waals surface area contributed by atoms with Gasteiger partial charge in [-0.3, -0.25) is 9.59 Å². The molecule has 0 radical (unpaired) electrons. The molecule has 1 aliphatic heterocycles. The highest BCUT2D eigenvalue weighted by atomic mass is 16.5. The van der Waals surface area contributed by atoms with Crippen LogP contribution in [-0.2, 0) is 9.59 Å². The van der Waals surface area contributed by atoms with Gasteiger partial charge in [-0.25, -0.2) is 9.69 Å². The van der Waals surface area contributed by atoms with Gasteiger partial charge in [0.25, 0.3) is 5.91 Å². The Labute approximate surface area is 169 Å². The van der Waals surface area contributed by atoms with Crippen LogP contribution < -0.4 is 15.0 Å². The number of amides is 4. The van der Waals surface area contributed by atoms with E-state index in [1.165, 1.54) is 11.0 Å². The predicted octanol–water partition coefficient (Wildman–Crippen LogP) is 3.44. The second kappa shape index (κ2) is 9.05. The number of imide groups is 1. The molecule has 1 atom stereocenters. The number of carbonyl (C=O) groups is 3. The van der Waals surface area contributed by atoms with Gasteiger partial charge in [0.05, 0.1) is 18.7 Å². The lowest BCUT2D eigenvalue weighted by Crippen LogP contribution is -2.38. The zero-order valence-electron chi connectivity index (χ0n) is 16.2. The molecule has 1 fully saturated rings. The maximum absolute atomic E-state index is 12.9. The Balaban J connectivity index is 1.73. The van der Waals surface area contributed by atoms with E-state index in [1.54, 1.807) is 54.6 Å². The molecule has 0 aromatic heterocycles. The first-order valence-corrected chi connectivity index (χ1v) is 9.38. The van der Waals surface area contributed by atoms with E-state index in [-0.39, 0.29) is 18.9 Å². The highest BCUT2D eigenvalue weighted by Gasteiger charge is 2.46. The van der Waals surface area contributed by atoms with Crippen molar-refractivity contribution in [1.82, 2.24) is 4.90 Å². The van der Waals surface area contributed by atoms with E-state index >= 15 is 0 Å². The van der Waals surface area contributed by atoms with Crippen molar-refractivity contribution in [3.05, 3.63) is 67.3 Å². The minimum atomic E-state index is -0.886. The zero-order chi connectivity index (χ0) is 20.8. The summed E-state index contributed by atoms with van der Waals surface area (Å²) < 4.78 is 5.38. The fraction of sp³-hybridized carbons (Fsp3) is 0.227. The molecule has 3 rings (SSSR count). The number of carbonyl (C=O) groups excluding carboxylic acids is 3. The predicted molar refractivity (Wildman–Crippen MR) is 111 cm³/mol. The molecule has 1 saturated heterocycles. The maximum Gasteiger partial charge on any atom is 0.332 e. The Bertz CT molecular complexity index is 896.